The molecule has 1 rings (SSSR count). The van der Waals surface area contributed by atoms with E-state index in [9.17, 15) is 4.39 Å². The molecule has 0 aromatic heterocycles. The third-order valence-corrected chi connectivity index (χ3v) is 2.06. The first-order chi connectivity index (χ1) is 6.77. The Morgan fingerprint density at radius 2 is 2.29 bits per heavy atom. The molecule has 0 saturated heterocycles. The van der Waals surface area contributed by atoms with Crippen molar-refractivity contribution in [2.24, 2.45) is 0 Å². The van der Waals surface area contributed by atoms with Crippen LogP contribution >= 0.6 is 12.6 Å². The molecule has 0 spiro atoms. The summed E-state index contributed by atoms with van der Waals surface area (Å²) >= 11 is 4.06. The normalized spacial score (nSPS) is 10.2. The summed E-state index contributed by atoms with van der Waals surface area (Å²) in [6, 6.07) is 4.95. The zero-order valence-electron chi connectivity index (χ0n) is 8.09. The van der Waals surface area contributed by atoms with Crippen molar-refractivity contribution >= 4 is 12.6 Å². The molecule has 0 aliphatic rings. The molecule has 1 aromatic rings. The van der Waals surface area contributed by atoms with Gasteiger partial charge in [0.1, 0.15) is 0 Å². The highest BCUT2D eigenvalue weighted by atomic mass is 32.1. The van der Waals surface area contributed by atoms with Gasteiger partial charge >= 0.3 is 0 Å². The van der Waals surface area contributed by atoms with E-state index in [0.29, 0.717) is 6.54 Å². The lowest BCUT2D eigenvalue weighted by atomic mass is 10.2. The molecule has 0 unspecified atom stereocenters. The summed E-state index contributed by atoms with van der Waals surface area (Å²) in [7, 11) is 1.46. The van der Waals surface area contributed by atoms with E-state index < -0.39 is 0 Å². The van der Waals surface area contributed by atoms with E-state index in [2.05, 4.69) is 17.9 Å². The number of ether oxygens (including phenoxy) is 1. The first kappa shape index (κ1) is 11.3. The number of nitrogens with one attached hydrogen (secondary N) is 1. The van der Waals surface area contributed by atoms with E-state index in [0.717, 1.165) is 17.9 Å². The average Bonchev–Trinajstić information content (AvgIpc) is 2.18. The standard InChI is InChI=1S/C10H14FNOS/c1-13-10-3-2-8(6-9(10)11)7-12-4-5-14/h2-3,6,12,14H,4-5,7H2,1H3. The number of hydrogen-bond donors (Lipinski definition) is 2. The largest absolute Gasteiger partial charge is 0.494 e. The summed E-state index contributed by atoms with van der Waals surface area (Å²) in [6.07, 6.45) is 0. The van der Waals surface area contributed by atoms with E-state index in [-0.39, 0.29) is 11.6 Å². The Bertz CT molecular complexity index is 293. The average molecular weight is 215 g/mol. The minimum absolute atomic E-state index is 0.281. The third-order valence-electron chi connectivity index (χ3n) is 1.83. The Labute approximate surface area is 88.9 Å². The lowest BCUT2D eigenvalue weighted by molar-refractivity contribution is 0.386. The van der Waals surface area contributed by atoms with Gasteiger partial charge < -0.3 is 10.1 Å². The predicted octanol–water partition coefficient (Wildman–Crippen LogP) is 1.85. The van der Waals surface area contributed by atoms with Crippen molar-refractivity contribution in [1.29, 1.82) is 0 Å². The highest BCUT2D eigenvalue weighted by molar-refractivity contribution is 7.80. The van der Waals surface area contributed by atoms with Gasteiger partial charge in [-0.15, -0.1) is 0 Å². The Morgan fingerprint density at radius 1 is 1.50 bits per heavy atom. The van der Waals surface area contributed by atoms with Crippen molar-refractivity contribution in [2.75, 3.05) is 19.4 Å². The van der Waals surface area contributed by atoms with Crippen molar-refractivity contribution in [1.82, 2.24) is 5.32 Å². The van der Waals surface area contributed by atoms with Crippen LogP contribution < -0.4 is 10.1 Å². The van der Waals surface area contributed by atoms with Gasteiger partial charge in [0.25, 0.3) is 0 Å². The summed E-state index contributed by atoms with van der Waals surface area (Å²) in [6.45, 7) is 1.47. The molecule has 0 atom stereocenters. The highest BCUT2D eigenvalue weighted by Crippen LogP contribution is 2.17. The second kappa shape index (κ2) is 5.88. The number of rotatable bonds is 5. The van der Waals surface area contributed by atoms with Gasteiger partial charge in [0.15, 0.2) is 11.6 Å². The lowest BCUT2D eigenvalue weighted by Gasteiger charge is -2.05. The van der Waals surface area contributed by atoms with Crippen LogP contribution in [0, 0.1) is 5.82 Å². The molecule has 14 heavy (non-hydrogen) atoms. The minimum atomic E-state index is -0.322. The molecule has 0 amide bonds. The Balaban J connectivity index is 2.57. The van der Waals surface area contributed by atoms with Crippen molar-refractivity contribution in [3.8, 4) is 5.75 Å². The summed E-state index contributed by atoms with van der Waals surface area (Å²) in [4.78, 5) is 0. The predicted molar refractivity (Wildman–Crippen MR) is 58.5 cm³/mol. The fourth-order valence-electron chi connectivity index (χ4n) is 1.13. The Morgan fingerprint density at radius 3 is 2.86 bits per heavy atom. The molecule has 4 heteroatoms. The number of hydrogen-bond acceptors (Lipinski definition) is 3. The van der Waals surface area contributed by atoms with Gasteiger partial charge in [-0.05, 0) is 17.7 Å². The van der Waals surface area contributed by atoms with E-state index in [1.165, 1.54) is 13.2 Å². The maximum absolute atomic E-state index is 13.2. The molecular weight excluding hydrogens is 201 g/mol. The van der Waals surface area contributed by atoms with Crippen molar-refractivity contribution in [3.63, 3.8) is 0 Å². The van der Waals surface area contributed by atoms with Crippen LogP contribution in [0.2, 0.25) is 0 Å². The van der Waals surface area contributed by atoms with Crippen LogP contribution in [0.25, 0.3) is 0 Å². The molecule has 2 nitrogen and oxygen atoms in total. The maximum atomic E-state index is 13.2. The van der Waals surface area contributed by atoms with Crippen LogP contribution in [-0.2, 0) is 6.54 Å². The van der Waals surface area contributed by atoms with E-state index in [4.69, 9.17) is 4.74 Å². The van der Waals surface area contributed by atoms with Crippen LogP contribution in [0.15, 0.2) is 18.2 Å². The maximum Gasteiger partial charge on any atom is 0.165 e. The Hall–Kier alpha value is -0.740. The molecule has 0 bridgehead atoms. The van der Waals surface area contributed by atoms with E-state index in [1.54, 1.807) is 6.07 Å². The molecule has 0 fully saturated rings. The van der Waals surface area contributed by atoms with Crippen molar-refractivity contribution in [3.05, 3.63) is 29.6 Å². The van der Waals surface area contributed by atoms with E-state index >= 15 is 0 Å². The van der Waals surface area contributed by atoms with Crippen LogP contribution in [0.3, 0.4) is 0 Å². The SMILES string of the molecule is COc1ccc(CNCCS)cc1F. The topological polar surface area (TPSA) is 21.3 Å². The molecule has 0 saturated carbocycles. The summed E-state index contributed by atoms with van der Waals surface area (Å²) in [5.74, 6) is 0.735. The summed E-state index contributed by atoms with van der Waals surface area (Å²) in [5.41, 5.74) is 0.907. The first-order valence-electron chi connectivity index (χ1n) is 4.42. The molecule has 1 aromatic carbocycles. The van der Waals surface area contributed by atoms with Crippen LogP contribution in [0.5, 0.6) is 5.75 Å². The van der Waals surface area contributed by atoms with Crippen LogP contribution in [-0.4, -0.2) is 19.4 Å². The highest BCUT2D eigenvalue weighted by Gasteiger charge is 2.02. The zero-order chi connectivity index (χ0) is 10.4. The third kappa shape index (κ3) is 3.20. The molecule has 1 N–H and O–H groups in total. The summed E-state index contributed by atoms with van der Waals surface area (Å²) < 4.78 is 18.0. The molecule has 0 heterocycles. The number of methoxy groups -OCH3 is 1. The van der Waals surface area contributed by atoms with Gasteiger partial charge in [-0.25, -0.2) is 4.39 Å². The fourth-order valence-corrected chi connectivity index (χ4v) is 1.29. The molecule has 78 valence electrons. The van der Waals surface area contributed by atoms with E-state index in [1.807, 2.05) is 6.07 Å². The monoisotopic (exact) mass is 215 g/mol. The first-order valence-corrected chi connectivity index (χ1v) is 5.05. The molecule has 0 aliphatic heterocycles. The van der Waals surface area contributed by atoms with Crippen LogP contribution in [0.4, 0.5) is 4.39 Å². The van der Waals surface area contributed by atoms with Gasteiger partial charge in [-0.2, -0.15) is 12.6 Å². The minimum Gasteiger partial charge on any atom is -0.494 e. The van der Waals surface area contributed by atoms with Crippen molar-refractivity contribution < 1.29 is 9.13 Å². The number of halogens is 1. The fraction of sp³-hybridized carbons (Fsp3) is 0.400. The smallest absolute Gasteiger partial charge is 0.165 e. The number of thiol groups is 1. The molecule has 0 aliphatic carbocycles. The number of benzene rings is 1. The van der Waals surface area contributed by atoms with Gasteiger partial charge in [0.05, 0.1) is 7.11 Å². The molecular formula is C10H14FNOS. The van der Waals surface area contributed by atoms with Gasteiger partial charge in [-0.3, -0.25) is 0 Å². The van der Waals surface area contributed by atoms with Gasteiger partial charge in [-0.1, -0.05) is 6.07 Å². The summed E-state index contributed by atoms with van der Waals surface area (Å²) in [5, 5.41) is 3.13. The van der Waals surface area contributed by atoms with Gasteiger partial charge in [0.2, 0.25) is 0 Å². The quantitative estimate of drug-likeness (QED) is 0.578. The van der Waals surface area contributed by atoms with Crippen molar-refractivity contribution in [2.45, 2.75) is 6.54 Å². The second-order valence-electron chi connectivity index (χ2n) is 2.87. The Kier molecular flexibility index (Phi) is 4.76. The zero-order valence-corrected chi connectivity index (χ0v) is 8.98. The lowest BCUT2D eigenvalue weighted by Crippen LogP contribution is -2.15. The molecule has 0 radical (unpaired) electrons. The second-order valence-corrected chi connectivity index (χ2v) is 3.32. The van der Waals surface area contributed by atoms with Gasteiger partial charge in [0, 0.05) is 18.8 Å². The van der Waals surface area contributed by atoms with Crippen LogP contribution in [0.1, 0.15) is 5.56 Å².